The number of aliphatic carboxylic acids is 1. The lowest BCUT2D eigenvalue weighted by molar-refractivity contribution is -0.136. The number of hydrogen-bond acceptors (Lipinski definition) is 4. The molecule has 0 saturated carbocycles. The van der Waals surface area contributed by atoms with Crippen molar-refractivity contribution in [2.45, 2.75) is 53.1 Å². The van der Waals surface area contributed by atoms with Gasteiger partial charge in [0.05, 0.1) is 0 Å². The third kappa shape index (κ3) is 4.67. The molecule has 0 atom stereocenters. The van der Waals surface area contributed by atoms with E-state index in [2.05, 4.69) is 23.7 Å². The summed E-state index contributed by atoms with van der Waals surface area (Å²) in [5.74, 6) is -0.842. The fourth-order valence-corrected chi connectivity index (χ4v) is 2.21. The van der Waals surface area contributed by atoms with Gasteiger partial charge in [-0.05, 0) is 46.7 Å². The van der Waals surface area contributed by atoms with Gasteiger partial charge in [0.1, 0.15) is 0 Å². The minimum Gasteiger partial charge on any atom is -0.481 e. The number of hydrogen-bond donors (Lipinski definition) is 1. The van der Waals surface area contributed by atoms with Gasteiger partial charge in [0.15, 0.2) is 0 Å². The lowest BCUT2D eigenvalue weighted by Crippen LogP contribution is -2.35. The number of carboxylic acid groups (broad SMARTS) is 1. The summed E-state index contributed by atoms with van der Waals surface area (Å²) in [4.78, 5) is 29.0. The van der Waals surface area contributed by atoms with Crippen molar-refractivity contribution in [3.8, 4) is 0 Å². The molecular weight excluding hydrogens is 270 g/mol. The Labute approximate surface area is 125 Å². The van der Waals surface area contributed by atoms with Gasteiger partial charge in [-0.2, -0.15) is 4.98 Å². The van der Waals surface area contributed by atoms with Gasteiger partial charge in [-0.1, -0.05) is 0 Å². The molecule has 0 amide bonds. The second-order valence-corrected chi connectivity index (χ2v) is 5.66. The van der Waals surface area contributed by atoms with E-state index < -0.39 is 5.97 Å². The Kier molecular flexibility index (Phi) is 6.08. The van der Waals surface area contributed by atoms with Gasteiger partial charge in [-0.25, -0.2) is 4.79 Å². The Morgan fingerprint density at radius 3 is 2.52 bits per heavy atom. The van der Waals surface area contributed by atoms with Crippen LogP contribution in [-0.4, -0.2) is 45.2 Å². The molecule has 1 aromatic rings. The quantitative estimate of drug-likeness (QED) is 0.818. The molecule has 6 nitrogen and oxygen atoms in total. The van der Waals surface area contributed by atoms with Crippen molar-refractivity contribution in [3.05, 3.63) is 27.4 Å². The molecule has 0 aliphatic rings. The van der Waals surface area contributed by atoms with E-state index in [0.29, 0.717) is 24.7 Å². The summed E-state index contributed by atoms with van der Waals surface area (Å²) in [7, 11) is 2.01. The average molecular weight is 295 g/mol. The van der Waals surface area contributed by atoms with Gasteiger partial charge in [0, 0.05) is 36.9 Å². The molecule has 1 heterocycles. The van der Waals surface area contributed by atoms with E-state index in [1.807, 2.05) is 14.0 Å². The number of nitrogens with zero attached hydrogens (tertiary/aromatic N) is 3. The minimum atomic E-state index is -0.842. The molecule has 0 bridgehead atoms. The number of aryl methyl sites for hydroxylation is 1. The standard InChI is InChI=1S/C15H25N3O3/c1-10(2)17(5)8-9-18-12(4)13(6-7-14(19)20)11(3)16-15(18)21/h10H,6-9H2,1-5H3,(H,19,20). The third-order valence-corrected chi connectivity index (χ3v) is 3.92. The topological polar surface area (TPSA) is 75.4 Å². The molecule has 6 heteroatoms. The number of carbonyl (C=O) groups is 1. The molecule has 0 spiro atoms. The highest BCUT2D eigenvalue weighted by atomic mass is 16.4. The van der Waals surface area contributed by atoms with Gasteiger partial charge >= 0.3 is 11.7 Å². The monoisotopic (exact) mass is 295 g/mol. The fraction of sp³-hybridized carbons (Fsp3) is 0.667. The van der Waals surface area contributed by atoms with E-state index in [0.717, 1.165) is 17.8 Å². The second-order valence-electron chi connectivity index (χ2n) is 5.66. The van der Waals surface area contributed by atoms with E-state index in [-0.39, 0.29) is 12.1 Å². The van der Waals surface area contributed by atoms with Crippen LogP contribution in [0.15, 0.2) is 4.79 Å². The van der Waals surface area contributed by atoms with Gasteiger partial charge in [0.2, 0.25) is 0 Å². The van der Waals surface area contributed by atoms with Crippen molar-refractivity contribution >= 4 is 5.97 Å². The summed E-state index contributed by atoms with van der Waals surface area (Å²) < 4.78 is 1.64. The summed E-state index contributed by atoms with van der Waals surface area (Å²) in [5.41, 5.74) is 2.06. The highest BCUT2D eigenvalue weighted by molar-refractivity contribution is 5.67. The second kappa shape index (κ2) is 7.36. The zero-order valence-corrected chi connectivity index (χ0v) is 13.5. The first kappa shape index (κ1) is 17.4. The Morgan fingerprint density at radius 1 is 1.38 bits per heavy atom. The SMILES string of the molecule is Cc1nc(=O)n(CCN(C)C(C)C)c(C)c1CCC(=O)O. The Morgan fingerprint density at radius 2 is 2.00 bits per heavy atom. The number of aromatic nitrogens is 2. The molecule has 0 aliphatic carbocycles. The predicted molar refractivity (Wildman–Crippen MR) is 81.7 cm³/mol. The number of carboxylic acids is 1. The van der Waals surface area contributed by atoms with Crippen LogP contribution in [0.25, 0.3) is 0 Å². The molecule has 0 unspecified atom stereocenters. The third-order valence-electron chi connectivity index (χ3n) is 3.92. The Hall–Kier alpha value is -1.69. The lowest BCUT2D eigenvalue weighted by Gasteiger charge is -2.22. The average Bonchev–Trinajstić information content (AvgIpc) is 2.36. The molecule has 118 valence electrons. The summed E-state index contributed by atoms with van der Waals surface area (Å²) in [6.45, 7) is 9.13. The molecule has 0 aromatic carbocycles. The van der Waals surface area contributed by atoms with Crippen molar-refractivity contribution in [3.63, 3.8) is 0 Å². The van der Waals surface area contributed by atoms with Crippen LogP contribution in [0.2, 0.25) is 0 Å². The van der Waals surface area contributed by atoms with E-state index >= 15 is 0 Å². The largest absolute Gasteiger partial charge is 0.481 e. The van der Waals surface area contributed by atoms with Crippen LogP contribution >= 0.6 is 0 Å². The number of rotatable bonds is 7. The summed E-state index contributed by atoms with van der Waals surface area (Å²) >= 11 is 0. The van der Waals surface area contributed by atoms with Gasteiger partial charge < -0.3 is 10.0 Å². The predicted octanol–water partition coefficient (Wildman–Crippen LogP) is 1.22. The first-order valence-electron chi connectivity index (χ1n) is 7.23. The van der Waals surface area contributed by atoms with Crippen LogP contribution in [0.3, 0.4) is 0 Å². The molecule has 0 saturated heterocycles. The Balaban J connectivity index is 3.01. The zero-order chi connectivity index (χ0) is 16.2. The van der Waals surface area contributed by atoms with E-state index in [4.69, 9.17) is 5.11 Å². The van der Waals surface area contributed by atoms with Gasteiger partial charge in [-0.3, -0.25) is 9.36 Å². The van der Waals surface area contributed by atoms with Crippen molar-refractivity contribution in [2.75, 3.05) is 13.6 Å². The highest BCUT2D eigenvalue weighted by Gasteiger charge is 2.13. The number of likely N-dealkylation sites (N-methyl/N-ethyl adjacent to an activating group) is 1. The fourth-order valence-electron chi connectivity index (χ4n) is 2.21. The van der Waals surface area contributed by atoms with Crippen molar-refractivity contribution < 1.29 is 9.90 Å². The first-order chi connectivity index (χ1) is 9.73. The van der Waals surface area contributed by atoms with Crippen molar-refractivity contribution in [2.24, 2.45) is 0 Å². The maximum atomic E-state index is 12.1. The summed E-state index contributed by atoms with van der Waals surface area (Å²) in [5, 5.41) is 8.82. The zero-order valence-electron chi connectivity index (χ0n) is 13.5. The van der Waals surface area contributed by atoms with Crippen LogP contribution in [0.5, 0.6) is 0 Å². The molecule has 1 rings (SSSR count). The molecule has 0 fully saturated rings. The maximum Gasteiger partial charge on any atom is 0.348 e. The van der Waals surface area contributed by atoms with Gasteiger partial charge in [0.25, 0.3) is 0 Å². The summed E-state index contributed by atoms with van der Waals surface area (Å²) in [6.07, 6.45) is 0.452. The molecule has 0 radical (unpaired) electrons. The molecule has 1 aromatic heterocycles. The van der Waals surface area contributed by atoms with Crippen molar-refractivity contribution in [1.82, 2.24) is 14.5 Å². The van der Waals surface area contributed by atoms with Crippen LogP contribution in [0, 0.1) is 13.8 Å². The highest BCUT2D eigenvalue weighted by Crippen LogP contribution is 2.12. The lowest BCUT2D eigenvalue weighted by atomic mass is 10.1. The first-order valence-corrected chi connectivity index (χ1v) is 7.23. The van der Waals surface area contributed by atoms with Crippen LogP contribution < -0.4 is 5.69 Å². The molecular formula is C15H25N3O3. The molecule has 1 N–H and O–H groups in total. The molecule has 21 heavy (non-hydrogen) atoms. The minimum absolute atomic E-state index is 0.0491. The smallest absolute Gasteiger partial charge is 0.348 e. The van der Waals surface area contributed by atoms with Crippen molar-refractivity contribution in [1.29, 1.82) is 0 Å². The van der Waals surface area contributed by atoms with E-state index in [1.54, 1.807) is 11.5 Å². The Bertz CT molecular complexity index is 564. The van der Waals surface area contributed by atoms with Crippen LogP contribution in [0.1, 0.15) is 37.2 Å². The molecule has 0 aliphatic heterocycles. The van der Waals surface area contributed by atoms with Gasteiger partial charge in [-0.15, -0.1) is 0 Å². The van der Waals surface area contributed by atoms with E-state index in [9.17, 15) is 9.59 Å². The summed E-state index contributed by atoms with van der Waals surface area (Å²) in [6, 6.07) is 0.408. The van der Waals surface area contributed by atoms with Crippen LogP contribution in [-0.2, 0) is 17.8 Å². The maximum absolute atomic E-state index is 12.1. The van der Waals surface area contributed by atoms with Crippen LogP contribution in [0.4, 0.5) is 0 Å². The normalized spacial score (nSPS) is 11.4. The van der Waals surface area contributed by atoms with E-state index in [1.165, 1.54) is 0 Å².